The van der Waals surface area contributed by atoms with Crippen LogP contribution in [0.15, 0.2) is 53.0 Å². The number of rotatable bonds is 6. The van der Waals surface area contributed by atoms with Crippen molar-refractivity contribution in [3.8, 4) is 11.5 Å². The van der Waals surface area contributed by atoms with Gasteiger partial charge in [0.25, 0.3) is 11.6 Å². The lowest BCUT2D eigenvalue weighted by Gasteiger charge is -1.97. The Kier molecular flexibility index (Phi) is 5.35. The molecule has 0 saturated heterocycles. The Morgan fingerprint density at radius 3 is 2.70 bits per heavy atom. The number of esters is 1. The van der Waals surface area contributed by atoms with Gasteiger partial charge in [0, 0.05) is 23.8 Å². The van der Waals surface area contributed by atoms with Crippen molar-refractivity contribution in [2.45, 2.75) is 13.5 Å². The Hall–Kier alpha value is -3.29. The highest BCUT2D eigenvalue weighted by atomic mass is 16.6. The van der Waals surface area contributed by atoms with Gasteiger partial charge in [-0.3, -0.25) is 10.1 Å². The average molecular weight is 315 g/mol. The summed E-state index contributed by atoms with van der Waals surface area (Å²) in [5, 5.41) is 18.2. The maximum atomic E-state index is 11.4. The van der Waals surface area contributed by atoms with E-state index in [2.05, 4.69) is 10.2 Å². The highest BCUT2D eigenvalue weighted by molar-refractivity contribution is 5.82. The van der Waals surface area contributed by atoms with Crippen LogP contribution in [0.4, 0.5) is 5.69 Å². The summed E-state index contributed by atoms with van der Waals surface area (Å²) in [7, 11) is 0. The van der Waals surface area contributed by atoms with Crippen LogP contribution < -0.4 is 0 Å². The SMILES string of the molecule is C/C=C/C=C/C(=O)OCc1nnc(-c2ccc([N+](=O)[O-])cc2)o1. The van der Waals surface area contributed by atoms with Gasteiger partial charge in [-0.25, -0.2) is 4.79 Å². The van der Waals surface area contributed by atoms with Crippen molar-refractivity contribution in [3.05, 3.63) is 64.6 Å². The summed E-state index contributed by atoms with van der Waals surface area (Å²) in [5.74, 6) is -0.209. The number of benzene rings is 1. The summed E-state index contributed by atoms with van der Waals surface area (Å²) >= 11 is 0. The fourth-order valence-electron chi connectivity index (χ4n) is 1.58. The molecular formula is C15H13N3O5. The summed E-state index contributed by atoms with van der Waals surface area (Å²) in [4.78, 5) is 21.5. The molecule has 0 N–H and O–H groups in total. The standard InChI is InChI=1S/C15H13N3O5/c1-2-3-4-5-14(19)22-10-13-16-17-15(23-13)11-6-8-12(9-7-11)18(20)21/h2-9H,10H2,1H3/b3-2+,5-4+. The number of ether oxygens (including phenoxy) is 1. The normalized spacial score (nSPS) is 11.2. The molecule has 0 aliphatic heterocycles. The molecule has 0 atom stereocenters. The molecule has 0 amide bonds. The second-order valence-electron chi connectivity index (χ2n) is 4.30. The molecule has 1 aromatic carbocycles. The first kappa shape index (κ1) is 16.1. The van der Waals surface area contributed by atoms with Crippen LogP contribution in [0.2, 0.25) is 0 Å². The Bertz CT molecular complexity index is 747. The molecule has 0 radical (unpaired) electrons. The van der Waals surface area contributed by atoms with Crippen LogP contribution in [0, 0.1) is 10.1 Å². The van der Waals surface area contributed by atoms with E-state index in [0.717, 1.165) is 0 Å². The van der Waals surface area contributed by atoms with Crippen LogP contribution in [0.3, 0.4) is 0 Å². The maximum absolute atomic E-state index is 11.4. The van der Waals surface area contributed by atoms with E-state index in [9.17, 15) is 14.9 Å². The van der Waals surface area contributed by atoms with E-state index in [4.69, 9.17) is 9.15 Å². The van der Waals surface area contributed by atoms with Gasteiger partial charge < -0.3 is 9.15 Å². The number of hydrogen-bond donors (Lipinski definition) is 0. The smallest absolute Gasteiger partial charge is 0.331 e. The fraction of sp³-hybridized carbons (Fsp3) is 0.133. The number of non-ortho nitro benzene ring substituents is 1. The van der Waals surface area contributed by atoms with Crippen LogP contribution in [0.1, 0.15) is 12.8 Å². The van der Waals surface area contributed by atoms with E-state index in [-0.39, 0.29) is 24.1 Å². The molecule has 0 aliphatic carbocycles. The molecule has 1 aromatic heterocycles. The van der Waals surface area contributed by atoms with Crippen LogP contribution in [0.5, 0.6) is 0 Å². The maximum Gasteiger partial charge on any atom is 0.331 e. The summed E-state index contributed by atoms with van der Waals surface area (Å²) in [6.07, 6.45) is 6.30. The molecule has 8 heteroatoms. The van der Waals surface area contributed by atoms with Gasteiger partial charge in [-0.15, -0.1) is 10.2 Å². The van der Waals surface area contributed by atoms with E-state index < -0.39 is 10.9 Å². The van der Waals surface area contributed by atoms with Gasteiger partial charge in [-0.1, -0.05) is 18.2 Å². The lowest BCUT2D eigenvalue weighted by Crippen LogP contribution is -2.00. The average Bonchev–Trinajstić information content (AvgIpc) is 3.02. The third-order valence-electron chi connectivity index (χ3n) is 2.67. The van der Waals surface area contributed by atoms with Gasteiger partial charge in [-0.05, 0) is 19.1 Å². The number of allylic oxidation sites excluding steroid dienone is 3. The zero-order valence-electron chi connectivity index (χ0n) is 12.2. The molecule has 2 rings (SSSR count). The predicted molar refractivity (Wildman–Crippen MR) is 80.1 cm³/mol. The summed E-state index contributed by atoms with van der Waals surface area (Å²) < 4.78 is 10.3. The monoisotopic (exact) mass is 315 g/mol. The zero-order valence-corrected chi connectivity index (χ0v) is 12.2. The van der Waals surface area contributed by atoms with E-state index in [0.29, 0.717) is 5.56 Å². The second kappa shape index (κ2) is 7.64. The lowest BCUT2D eigenvalue weighted by atomic mass is 10.2. The van der Waals surface area contributed by atoms with Crippen molar-refractivity contribution < 1.29 is 18.9 Å². The first-order valence-corrected chi connectivity index (χ1v) is 6.63. The van der Waals surface area contributed by atoms with Gasteiger partial charge in [0.2, 0.25) is 5.89 Å². The van der Waals surface area contributed by atoms with Crippen molar-refractivity contribution in [2.24, 2.45) is 0 Å². The zero-order chi connectivity index (χ0) is 16.7. The molecule has 0 fully saturated rings. The van der Waals surface area contributed by atoms with Crippen LogP contribution in [-0.2, 0) is 16.1 Å². The van der Waals surface area contributed by atoms with Gasteiger partial charge in [0.05, 0.1) is 4.92 Å². The first-order chi connectivity index (χ1) is 11.1. The van der Waals surface area contributed by atoms with Crippen molar-refractivity contribution >= 4 is 11.7 Å². The quantitative estimate of drug-likeness (QED) is 0.265. The number of hydrogen-bond acceptors (Lipinski definition) is 7. The fourth-order valence-corrected chi connectivity index (χ4v) is 1.58. The van der Waals surface area contributed by atoms with Crippen molar-refractivity contribution in [3.63, 3.8) is 0 Å². The highest BCUT2D eigenvalue weighted by Gasteiger charge is 2.12. The van der Waals surface area contributed by atoms with Gasteiger partial charge in [0.1, 0.15) is 0 Å². The number of nitro benzene ring substituents is 1. The van der Waals surface area contributed by atoms with Crippen molar-refractivity contribution in [1.29, 1.82) is 0 Å². The molecule has 0 unspecified atom stereocenters. The summed E-state index contributed by atoms with van der Waals surface area (Å²) in [6, 6.07) is 5.68. The highest BCUT2D eigenvalue weighted by Crippen LogP contribution is 2.21. The Labute approximate surface area is 131 Å². The molecule has 23 heavy (non-hydrogen) atoms. The van der Waals surface area contributed by atoms with E-state index in [1.807, 2.05) is 6.92 Å². The largest absolute Gasteiger partial charge is 0.452 e. The molecule has 0 aliphatic rings. The van der Waals surface area contributed by atoms with Crippen molar-refractivity contribution in [1.82, 2.24) is 10.2 Å². The topological polar surface area (TPSA) is 108 Å². The molecule has 1 heterocycles. The minimum atomic E-state index is -0.529. The summed E-state index contributed by atoms with van der Waals surface area (Å²) in [6.45, 7) is 1.67. The van der Waals surface area contributed by atoms with E-state index in [1.54, 1.807) is 18.2 Å². The number of aromatic nitrogens is 2. The van der Waals surface area contributed by atoms with Crippen LogP contribution >= 0.6 is 0 Å². The minimum Gasteiger partial charge on any atom is -0.452 e. The molecule has 0 saturated carbocycles. The first-order valence-electron chi connectivity index (χ1n) is 6.63. The minimum absolute atomic E-state index is 0.0321. The molecule has 2 aromatic rings. The number of nitro groups is 1. The summed E-state index contributed by atoms with van der Waals surface area (Å²) in [5.41, 5.74) is 0.504. The number of nitrogens with zero attached hydrogens (tertiary/aromatic N) is 3. The van der Waals surface area contributed by atoms with E-state index >= 15 is 0 Å². The Morgan fingerprint density at radius 2 is 2.04 bits per heavy atom. The Morgan fingerprint density at radius 1 is 1.30 bits per heavy atom. The third-order valence-corrected chi connectivity index (χ3v) is 2.67. The second-order valence-corrected chi connectivity index (χ2v) is 4.30. The predicted octanol–water partition coefficient (Wildman–Crippen LogP) is 2.82. The Balaban J connectivity index is 1.97. The van der Waals surface area contributed by atoms with Crippen molar-refractivity contribution in [2.75, 3.05) is 0 Å². The van der Waals surface area contributed by atoms with Crippen LogP contribution in [0.25, 0.3) is 11.5 Å². The third kappa shape index (κ3) is 4.60. The van der Waals surface area contributed by atoms with Gasteiger partial charge >= 0.3 is 5.97 Å². The number of carbonyl (C=O) groups excluding carboxylic acids is 1. The molecule has 8 nitrogen and oxygen atoms in total. The molecule has 0 spiro atoms. The molecule has 118 valence electrons. The molecular weight excluding hydrogens is 302 g/mol. The van der Waals surface area contributed by atoms with E-state index in [1.165, 1.54) is 30.3 Å². The number of carbonyl (C=O) groups is 1. The van der Waals surface area contributed by atoms with Gasteiger partial charge in [0.15, 0.2) is 6.61 Å². The lowest BCUT2D eigenvalue weighted by molar-refractivity contribution is -0.384. The van der Waals surface area contributed by atoms with Gasteiger partial charge in [-0.2, -0.15) is 0 Å². The van der Waals surface area contributed by atoms with Crippen LogP contribution in [-0.4, -0.2) is 21.1 Å². The molecule has 0 bridgehead atoms.